The third-order valence-corrected chi connectivity index (χ3v) is 8.55. The molecule has 0 heterocycles. The topological polar surface area (TPSA) is 3.24 Å². The fourth-order valence-electron chi connectivity index (χ4n) is 6.32. The maximum absolute atomic E-state index is 2.38. The molecule has 43 heavy (non-hydrogen) atoms. The molecular weight excluding hydrogens is 518 g/mol. The van der Waals surface area contributed by atoms with E-state index in [-0.39, 0.29) is 0 Å². The molecule has 7 rings (SSSR count). The van der Waals surface area contributed by atoms with Gasteiger partial charge in [-0.3, -0.25) is 0 Å². The Hall–Kier alpha value is -5.14. The maximum atomic E-state index is 2.38. The number of rotatable bonds is 7. The van der Waals surface area contributed by atoms with Crippen LogP contribution in [0.15, 0.2) is 163 Å². The highest BCUT2D eigenvalue weighted by molar-refractivity contribution is 6.09. The largest absolute Gasteiger partial charge is 0.311 e. The Bertz CT molecular complexity index is 1970. The first kappa shape index (κ1) is 26.7. The van der Waals surface area contributed by atoms with Crippen LogP contribution in [-0.4, -0.2) is 0 Å². The first-order valence-electron chi connectivity index (χ1n) is 15.3. The van der Waals surface area contributed by atoms with Gasteiger partial charge in [0.15, 0.2) is 0 Å². The summed E-state index contributed by atoms with van der Waals surface area (Å²) in [6.45, 7) is 2.16. The van der Waals surface area contributed by atoms with E-state index in [1.165, 1.54) is 66.4 Å². The number of benzene rings is 6. The third-order valence-electron chi connectivity index (χ3n) is 8.55. The van der Waals surface area contributed by atoms with Crippen LogP contribution in [0.2, 0.25) is 0 Å². The van der Waals surface area contributed by atoms with Crippen LogP contribution in [0.4, 0.5) is 11.4 Å². The Morgan fingerprint density at radius 3 is 1.95 bits per heavy atom. The summed E-state index contributed by atoms with van der Waals surface area (Å²) in [4.78, 5) is 2.38. The number of allylic oxidation sites excluding steroid dienone is 5. The van der Waals surface area contributed by atoms with Crippen molar-refractivity contribution in [3.63, 3.8) is 0 Å². The minimum atomic E-state index is 0.889. The van der Waals surface area contributed by atoms with Crippen molar-refractivity contribution in [1.29, 1.82) is 0 Å². The molecule has 1 nitrogen and oxygen atoms in total. The second-order valence-corrected chi connectivity index (χ2v) is 11.2. The summed E-state index contributed by atoms with van der Waals surface area (Å²) in [6, 6.07) is 48.5. The molecule has 0 fully saturated rings. The smallest absolute Gasteiger partial charge is 0.0461 e. The lowest BCUT2D eigenvalue weighted by Crippen LogP contribution is -2.16. The van der Waals surface area contributed by atoms with Crippen molar-refractivity contribution in [3.8, 4) is 11.1 Å². The summed E-state index contributed by atoms with van der Waals surface area (Å²) in [7, 11) is 0. The molecule has 0 aromatic heterocycles. The van der Waals surface area contributed by atoms with Crippen LogP contribution in [0.1, 0.15) is 30.9 Å². The monoisotopic (exact) mass is 553 g/mol. The van der Waals surface area contributed by atoms with Gasteiger partial charge in [-0.05, 0) is 106 Å². The molecule has 6 aromatic rings. The Morgan fingerprint density at radius 2 is 1.26 bits per heavy atom. The number of hydrogen-bond donors (Lipinski definition) is 0. The standard InChI is InChI=1S/C42H35N/c1-2-31(29-36-30-35-15-9-10-18-40(35)42-20-12-11-19-41(36)42)33-21-25-38(26-22-33)43(37-16-7-4-8-17-37)39-27-23-34(24-28-39)32-13-5-3-6-14-32/h2-3,5-7,9-28,30H,4,8,29H2,1H3/b31-2-. The van der Waals surface area contributed by atoms with E-state index < -0.39 is 0 Å². The van der Waals surface area contributed by atoms with Crippen LogP contribution in [0.3, 0.4) is 0 Å². The first-order valence-corrected chi connectivity index (χ1v) is 15.3. The Kier molecular flexibility index (Phi) is 7.46. The highest BCUT2D eigenvalue weighted by atomic mass is 15.1. The van der Waals surface area contributed by atoms with Gasteiger partial charge in [-0.25, -0.2) is 0 Å². The molecule has 0 amide bonds. The van der Waals surface area contributed by atoms with Crippen molar-refractivity contribution >= 4 is 38.5 Å². The number of anilines is 2. The molecule has 0 N–H and O–H groups in total. The second-order valence-electron chi connectivity index (χ2n) is 11.2. The molecule has 0 unspecified atom stereocenters. The molecule has 0 saturated heterocycles. The van der Waals surface area contributed by atoms with Crippen LogP contribution in [0.25, 0.3) is 38.2 Å². The Morgan fingerprint density at radius 1 is 0.628 bits per heavy atom. The van der Waals surface area contributed by atoms with Crippen LogP contribution in [-0.2, 0) is 6.42 Å². The SMILES string of the molecule is C/C=C(/Cc1cc2ccccc2c2ccccc12)c1ccc(N(C2=CCCC=C2)c2ccc(-c3ccccc3)cc2)cc1. The third kappa shape index (κ3) is 5.43. The van der Waals surface area contributed by atoms with Gasteiger partial charge in [0, 0.05) is 17.1 Å². The highest BCUT2D eigenvalue weighted by Crippen LogP contribution is 2.36. The molecule has 1 heteroatoms. The van der Waals surface area contributed by atoms with Crippen molar-refractivity contribution in [2.45, 2.75) is 26.2 Å². The minimum absolute atomic E-state index is 0.889. The van der Waals surface area contributed by atoms with E-state index in [1.807, 2.05) is 0 Å². The van der Waals surface area contributed by atoms with Crippen LogP contribution < -0.4 is 4.90 Å². The first-order chi connectivity index (χ1) is 21.3. The Labute approximate surface area is 254 Å². The number of hydrogen-bond acceptors (Lipinski definition) is 1. The molecule has 0 aliphatic heterocycles. The predicted molar refractivity (Wildman–Crippen MR) is 186 cm³/mol. The lowest BCUT2D eigenvalue weighted by Gasteiger charge is -2.28. The lowest BCUT2D eigenvalue weighted by molar-refractivity contribution is 0.997. The molecule has 1 aliphatic carbocycles. The Balaban J connectivity index is 1.21. The molecule has 0 spiro atoms. The average Bonchev–Trinajstić information content (AvgIpc) is 3.09. The predicted octanol–water partition coefficient (Wildman–Crippen LogP) is 11.7. The normalized spacial score (nSPS) is 13.3. The van der Waals surface area contributed by atoms with E-state index in [1.54, 1.807) is 0 Å². The average molecular weight is 554 g/mol. The quantitative estimate of drug-likeness (QED) is 0.178. The number of nitrogens with zero attached hydrogens (tertiary/aromatic N) is 1. The van der Waals surface area contributed by atoms with Crippen molar-refractivity contribution in [1.82, 2.24) is 0 Å². The summed E-state index contributed by atoms with van der Waals surface area (Å²) in [6.07, 6.45) is 12.2. The van der Waals surface area contributed by atoms with Gasteiger partial charge in [-0.15, -0.1) is 0 Å². The van der Waals surface area contributed by atoms with E-state index in [9.17, 15) is 0 Å². The highest BCUT2D eigenvalue weighted by Gasteiger charge is 2.16. The zero-order valence-electron chi connectivity index (χ0n) is 24.6. The van der Waals surface area contributed by atoms with Gasteiger partial charge in [0.05, 0.1) is 0 Å². The van der Waals surface area contributed by atoms with Crippen molar-refractivity contribution in [2.75, 3.05) is 4.90 Å². The molecule has 0 atom stereocenters. The van der Waals surface area contributed by atoms with Crippen molar-refractivity contribution in [2.24, 2.45) is 0 Å². The van der Waals surface area contributed by atoms with E-state index >= 15 is 0 Å². The molecule has 0 bridgehead atoms. The van der Waals surface area contributed by atoms with Crippen LogP contribution in [0.5, 0.6) is 0 Å². The molecule has 208 valence electrons. The van der Waals surface area contributed by atoms with Gasteiger partial charge in [-0.2, -0.15) is 0 Å². The van der Waals surface area contributed by atoms with Gasteiger partial charge in [0.25, 0.3) is 0 Å². The van der Waals surface area contributed by atoms with E-state index in [0.717, 1.165) is 19.3 Å². The minimum Gasteiger partial charge on any atom is -0.311 e. The second kappa shape index (κ2) is 12.0. The summed E-state index contributed by atoms with van der Waals surface area (Å²) in [5.41, 5.74) is 9.98. The molecule has 1 aliphatic rings. The molecule has 0 radical (unpaired) electrons. The van der Waals surface area contributed by atoms with E-state index in [4.69, 9.17) is 0 Å². The number of fused-ring (bicyclic) bond motifs is 3. The van der Waals surface area contributed by atoms with E-state index in [2.05, 4.69) is 170 Å². The lowest BCUT2D eigenvalue weighted by atomic mass is 9.91. The maximum Gasteiger partial charge on any atom is 0.0461 e. The van der Waals surface area contributed by atoms with Gasteiger partial charge in [0.1, 0.15) is 0 Å². The van der Waals surface area contributed by atoms with Gasteiger partial charge in [0.2, 0.25) is 0 Å². The van der Waals surface area contributed by atoms with Gasteiger partial charge >= 0.3 is 0 Å². The van der Waals surface area contributed by atoms with E-state index in [0.29, 0.717) is 0 Å². The molecular formula is C42H35N. The fraction of sp³-hybridized carbons (Fsp3) is 0.0952. The van der Waals surface area contributed by atoms with Crippen LogP contribution in [0, 0.1) is 0 Å². The van der Waals surface area contributed by atoms with Crippen molar-refractivity contribution < 1.29 is 0 Å². The zero-order valence-corrected chi connectivity index (χ0v) is 24.6. The van der Waals surface area contributed by atoms with Gasteiger partial charge < -0.3 is 4.90 Å². The van der Waals surface area contributed by atoms with Crippen LogP contribution >= 0.6 is 0 Å². The molecule has 0 saturated carbocycles. The zero-order chi connectivity index (χ0) is 29.0. The van der Waals surface area contributed by atoms with Gasteiger partial charge in [-0.1, -0.05) is 127 Å². The van der Waals surface area contributed by atoms with Crippen molar-refractivity contribution in [3.05, 3.63) is 175 Å². The fourth-order valence-corrected chi connectivity index (χ4v) is 6.32. The summed E-state index contributed by atoms with van der Waals surface area (Å²) in [5, 5.41) is 5.27. The summed E-state index contributed by atoms with van der Waals surface area (Å²) < 4.78 is 0. The summed E-state index contributed by atoms with van der Waals surface area (Å²) in [5.74, 6) is 0. The molecule has 6 aromatic carbocycles. The summed E-state index contributed by atoms with van der Waals surface area (Å²) >= 11 is 0.